The molecule has 4 heteroatoms. The van der Waals surface area contributed by atoms with Crippen LogP contribution in [0.4, 0.5) is 0 Å². The van der Waals surface area contributed by atoms with Crippen LogP contribution in [0.2, 0.25) is 0 Å². The van der Waals surface area contributed by atoms with Crippen LogP contribution in [0.3, 0.4) is 0 Å². The Balaban J connectivity index is 2.88. The number of carbonyl (C=O) groups is 2. The van der Waals surface area contributed by atoms with Crippen molar-refractivity contribution in [3.63, 3.8) is 0 Å². The zero-order chi connectivity index (χ0) is 16.0. The lowest BCUT2D eigenvalue weighted by molar-refractivity contribution is -0.171. The topological polar surface area (TPSA) is 52.6 Å². The fraction of sp³-hybridized carbons (Fsp3) is 0.765. The second-order valence-corrected chi connectivity index (χ2v) is 6.09. The zero-order valence-electron chi connectivity index (χ0n) is 13.8. The molecule has 0 spiro atoms. The molecule has 0 radical (unpaired) electrons. The van der Waals surface area contributed by atoms with E-state index in [0.29, 0.717) is 6.42 Å². The molecule has 4 nitrogen and oxygen atoms in total. The van der Waals surface area contributed by atoms with Crippen LogP contribution in [0, 0.1) is 11.3 Å². The smallest absolute Gasteiger partial charge is 0.316 e. The SMILES string of the molecule is CCC(C)OC(=O)C1CCC=CC1(C)C(=O)OC(C)CC. The van der Waals surface area contributed by atoms with Gasteiger partial charge in [0.25, 0.3) is 0 Å². The number of esters is 2. The van der Waals surface area contributed by atoms with Crippen LogP contribution < -0.4 is 0 Å². The summed E-state index contributed by atoms with van der Waals surface area (Å²) in [7, 11) is 0. The monoisotopic (exact) mass is 296 g/mol. The highest BCUT2D eigenvalue weighted by Crippen LogP contribution is 2.39. The molecule has 0 aromatic heterocycles. The number of carbonyl (C=O) groups excluding carboxylic acids is 2. The lowest BCUT2D eigenvalue weighted by Gasteiger charge is -2.35. The lowest BCUT2D eigenvalue weighted by atomic mass is 9.71. The maximum Gasteiger partial charge on any atom is 0.316 e. The van der Waals surface area contributed by atoms with Crippen LogP contribution >= 0.6 is 0 Å². The van der Waals surface area contributed by atoms with Crippen molar-refractivity contribution in [3.8, 4) is 0 Å². The van der Waals surface area contributed by atoms with Crippen LogP contribution in [0.15, 0.2) is 12.2 Å². The Labute approximate surface area is 127 Å². The van der Waals surface area contributed by atoms with Gasteiger partial charge in [0.1, 0.15) is 0 Å². The molecule has 0 aromatic rings. The fourth-order valence-electron chi connectivity index (χ4n) is 2.34. The normalized spacial score (nSPS) is 27.8. The van der Waals surface area contributed by atoms with Crippen molar-refractivity contribution < 1.29 is 19.1 Å². The predicted molar refractivity (Wildman–Crippen MR) is 81.7 cm³/mol. The summed E-state index contributed by atoms with van der Waals surface area (Å²) in [6.45, 7) is 9.43. The molecule has 1 rings (SSSR count). The summed E-state index contributed by atoms with van der Waals surface area (Å²) in [6.07, 6.45) is 6.42. The molecule has 1 aliphatic rings. The minimum absolute atomic E-state index is 0.127. The Morgan fingerprint density at radius 2 is 1.76 bits per heavy atom. The van der Waals surface area contributed by atoms with Crippen molar-refractivity contribution in [2.24, 2.45) is 11.3 Å². The quantitative estimate of drug-likeness (QED) is 0.554. The molecule has 4 atom stereocenters. The third-order valence-electron chi connectivity index (χ3n) is 4.31. The Morgan fingerprint density at radius 1 is 1.19 bits per heavy atom. The Kier molecular flexibility index (Phi) is 6.43. The second kappa shape index (κ2) is 7.62. The molecule has 0 amide bonds. The molecule has 4 unspecified atom stereocenters. The van der Waals surface area contributed by atoms with Crippen LogP contribution in [0.25, 0.3) is 0 Å². The van der Waals surface area contributed by atoms with Gasteiger partial charge in [0.2, 0.25) is 0 Å². The first-order valence-corrected chi connectivity index (χ1v) is 7.94. The van der Waals surface area contributed by atoms with Crippen molar-refractivity contribution in [1.29, 1.82) is 0 Å². The maximum atomic E-state index is 12.5. The summed E-state index contributed by atoms with van der Waals surface area (Å²) in [5.74, 6) is -1.09. The van der Waals surface area contributed by atoms with Crippen molar-refractivity contribution in [1.82, 2.24) is 0 Å². The highest BCUT2D eigenvalue weighted by atomic mass is 16.6. The van der Waals surface area contributed by atoms with E-state index in [1.165, 1.54) is 0 Å². The molecule has 0 N–H and O–H groups in total. The second-order valence-electron chi connectivity index (χ2n) is 6.09. The first-order valence-electron chi connectivity index (χ1n) is 7.94. The Morgan fingerprint density at radius 3 is 2.33 bits per heavy atom. The first kappa shape index (κ1) is 17.7. The maximum absolute atomic E-state index is 12.5. The number of ether oxygens (including phenoxy) is 2. The van der Waals surface area contributed by atoms with Gasteiger partial charge in [-0.15, -0.1) is 0 Å². The minimum atomic E-state index is -0.924. The van der Waals surface area contributed by atoms with Gasteiger partial charge in [-0.25, -0.2) is 0 Å². The van der Waals surface area contributed by atoms with Gasteiger partial charge in [0, 0.05) is 0 Å². The molecular weight excluding hydrogens is 268 g/mol. The Bertz CT molecular complexity index is 402. The van der Waals surface area contributed by atoms with Gasteiger partial charge in [-0.1, -0.05) is 26.0 Å². The molecule has 120 valence electrons. The first-order chi connectivity index (χ1) is 9.85. The molecule has 0 bridgehead atoms. The molecule has 21 heavy (non-hydrogen) atoms. The van der Waals surface area contributed by atoms with Crippen molar-refractivity contribution in [3.05, 3.63) is 12.2 Å². The van der Waals surface area contributed by atoms with Crippen molar-refractivity contribution >= 4 is 11.9 Å². The largest absolute Gasteiger partial charge is 0.462 e. The lowest BCUT2D eigenvalue weighted by Crippen LogP contribution is -2.43. The van der Waals surface area contributed by atoms with E-state index in [0.717, 1.165) is 19.3 Å². The summed E-state index contributed by atoms with van der Waals surface area (Å²) in [5.41, 5.74) is -0.924. The molecular formula is C17H28O4. The van der Waals surface area contributed by atoms with Crippen LogP contribution in [0.1, 0.15) is 60.3 Å². The van der Waals surface area contributed by atoms with Crippen molar-refractivity contribution in [2.75, 3.05) is 0 Å². The van der Waals surface area contributed by atoms with E-state index >= 15 is 0 Å². The third-order valence-corrected chi connectivity index (χ3v) is 4.31. The number of hydrogen-bond acceptors (Lipinski definition) is 4. The highest BCUT2D eigenvalue weighted by Gasteiger charge is 2.47. The zero-order valence-corrected chi connectivity index (χ0v) is 13.8. The van der Waals surface area contributed by atoms with E-state index in [4.69, 9.17) is 9.47 Å². The number of hydrogen-bond donors (Lipinski definition) is 0. The van der Waals surface area contributed by atoms with Crippen LogP contribution in [-0.4, -0.2) is 24.1 Å². The third kappa shape index (κ3) is 4.32. The van der Waals surface area contributed by atoms with Crippen molar-refractivity contribution in [2.45, 2.75) is 72.5 Å². The Hall–Kier alpha value is -1.32. The summed E-state index contributed by atoms with van der Waals surface area (Å²) < 4.78 is 10.9. The molecule has 0 fully saturated rings. The van der Waals surface area contributed by atoms with Gasteiger partial charge in [-0.05, 0) is 46.5 Å². The standard InChI is InChI=1S/C17H28O4/c1-6-12(3)20-15(18)14-10-8-9-11-17(14,5)16(19)21-13(4)7-2/h9,11-14H,6-8,10H2,1-5H3. The summed E-state index contributed by atoms with van der Waals surface area (Å²) in [4.78, 5) is 24.9. The van der Waals surface area contributed by atoms with Gasteiger partial charge < -0.3 is 9.47 Å². The molecule has 1 aliphatic carbocycles. The van der Waals surface area contributed by atoms with Crippen LogP contribution in [-0.2, 0) is 19.1 Å². The summed E-state index contributed by atoms with van der Waals surface area (Å²) in [6, 6.07) is 0. The molecule has 0 aliphatic heterocycles. The van der Waals surface area contributed by atoms with Gasteiger partial charge in [-0.3, -0.25) is 9.59 Å². The average molecular weight is 296 g/mol. The fourth-order valence-corrected chi connectivity index (χ4v) is 2.34. The molecule has 0 saturated carbocycles. The van der Waals surface area contributed by atoms with Crippen LogP contribution in [0.5, 0.6) is 0 Å². The van der Waals surface area contributed by atoms with E-state index in [9.17, 15) is 9.59 Å². The highest BCUT2D eigenvalue weighted by molar-refractivity contribution is 5.87. The predicted octanol–water partition coefficient (Wildman–Crippen LogP) is 3.64. The minimum Gasteiger partial charge on any atom is -0.462 e. The average Bonchev–Trinajstić information content (AvgIpc) is 2.46. The molecule has 0 saturated heterocycles. The molecule has 0 heterocycles. The van der Waals surface area contributed by atoms with Gasteiger partial charge in [-0.2, -0.15) is 0 Å². The van der Waals surface area contributed by atoms with E-state index in [-0.39, 0.29) is 24.1 Å². The van der Waals surface area contributed by atoms with E-state index < -0.39 is 11.3 Å². The summed E-state index contributed by atoms with van der Waals surface area (Å²) >= 11 is 0. The number of rotatable bonds is 6. The molecule has 0 aromatic carbocycles. The number of allylic oxidation sites excluding steroid dienone is 1. The van der Waals surface area contributed by atoms with E-state index in [1.807, 2.05) is 39.8 Å². The van der Waals surface area contributed by atoms with Gasteiger partial charge in [0.15, 0.2) is 0 Å². The summed E-state index contributed by atoms with van der Waals surface area (Å²) in [5, 5.41) is 0. The van der Waals surface area contributed by atoms with E-state index in [1.54, 1.807) is 6.92 Å². The van der Waals surface area contributed by atoms with Gasteiger partial charge in [0.05, 0.1) is 23.5 Å². The van der Waals surface area contributed by atoms with Gasteiger partial charge >= 0.3 is 11.9 Å². The van der Waals surface area contributed by atoms with E-state index in [2.05, 4.69) is 0 Å².